The standard InChI is InChI=1S/C14H19ClFN3O.ClH/c1-19(13(7-17)9-2-3-9)8-14(20)18-10-4-5-12(16)11(15)6-10;/h4-6,9,13H,2-3,7-8,17H2,1H3,(H,18,20);1H. The fourth-order valence-corrected chi connectivity index (χ4v) is 2.51. The first-order valence-corrected chi connectivity index (χ1v) is 7.04. The van der Waals surface area contributed by atoms with Gasteiger partial charge in [-0.2, -0.15) is 0 Å². The van der Waals surface area contributed by atoms with E-state index in [0.29, 0.717) is 18.2 Å². The highest BCUT2D eigenvalue weighted by molar-refractivity contribution is 6.31. The number of halogens is 3. The van der Waals surface area contributed by atoms with Crippen LogP contribution in [0.5, 0.6) is 0 Å². The van der Waals surface area contributed by atoms with Crippen molar-refractivity contribution >= 4 is 35.6 Å². The summed E-state index contributed by atoms with van der Waals surface area (Å²) in [5, 5.41) is 2.70. The van der Waals surface area contributed by atoms with Crippen molar-refractivity contribution in [3.05, 3.63) is 29.0 Å². The Hall–Kier alpha value is -0.880. The van der Waals surface area contributed by atoms with Gasteiger partial charge in [-0.25, -0.2) is 4.39 Å². The lowest BCUT2D eigenvalue weighted by molar-refractivity contribution is -0.117. The molecule has 1 saturated carbocycles. The molecule has 0 heterocycles. The van der Waals surface area contributed by atoms with Crippen LogP contribution < -0.4 is 11.1 Å². The van der Waals surface area contributed by atoms with Gasteiger partial charge in [0.15, 0.2) is 0 Å². The minimum absolute atomic E-state index is 0. The number of carbonyl (C=O) groups excluding carboxylic acids is 1. The molecule has 1 aliphatic rings. The van der Waals surface area contributed by atoms with Crippen molar-refractivity contribution in [2.24, 2.45) is 11.7 Å². The molecule has 1 amide bonds. The first-order chi connectivity index (χ1) is 9.51. The van der Waals surface area contributed by atoms with E-state index in [4.69, 9.17) is 17.3 Å². The lowest BCUT2D eigenvalue weighted by atomic mass is 10.1. The van der Waals surface area contributed by atoms with Gasteiger partial charge < -0.3 is 11.1 Å². The second-order valence-electron chi connectivity index (χ2n) is 5.23. The Bertz CT molecular complexity index is 497. The molecular formula is C14H20Cl2FN3O. The van der Waals surface area contributed by atoms with Gasteiger partial charge in [0, 0.05) is 18.3 Å². The molecule has 0 spiro atoms. The van der Waals surface area contributed by atoms with Crippen molar-refractivity contribution in [3.63, 3.8) is 0 Å². The molecule has 1 aliphatic carbocycles. The molecule has 2 rings (SSSR count). The van der Waals surface area contributed by atoms with Gasteiger partial charge in [0.2, 0.25) is 5.91 Å². The second-order valence-corrected chi connectivity index (χ2v) is 5.64. The van der Waals surface area contributed by atoms with Crippen LogP contribution >= 0.6 is 24.0 Å². The number of hydrogen-bond acceptors (Lipinski definition) is 3. The minimum atomic E-state index is -0.501. The zero-order chi connectivity index (χ0) is 14.7. The molecule has 0 bridgehead atoms. The van der Waals surface area contributed by atoms with Crippen LogP contribution in [-0.2, 0) is 4.79 Å². The third-order valence-corrected chi connectivity index (χ3v) is 3.86. The summed E-state index contributed by atoms with van der Waals surface area (Å²) >= 11 is 5.67. The Balaban J connectivity index is 0.00000220. The molecule has 0 aromatic heterocycles. The lowest BCUT2D eigenvalue weighted by Gasteiger charge is -2.26. The van der Waals surface area contributed by atoms with E-state index in [0.717, 1.165) is 0 Å². The summed E-state index contributed by atoms with van der Waals surface area (Å²) in [6.45, 7) is 0.810. The van der Waals surface area contributed by atoms with Crippen molar-refractivity contribution in [1.29, 1.82) is 0 Å². The maximum atomic E-state index is 13.0. The normalized spacial score (nSPS) is 15.5. The molecule has 7 heteroatoms. The molecule has 0 radical (unpaired) electrons. The summed E-state index contributed by atoms with van der Waals surface area (Å²) in [7, 11) is 1.90. The van der Waals surface area contributed by atoms with Gasteiger partial charge in [-0.3, -0.25) is 9.69 Å². The molecule has 4 nitrogen and oxygen atoms in total. The molecule has 1 unspecified atom stereocenters. The van der Waals surface area contributed by atoms with Crippen LogP contribution in [0.4, 0.5) is 10.1 Å². The van der Waals surface area contributed by atoms with E-state index in [2.05, 4.69) is 5.32 Å². The van der Waals surface area contributed by atoms with E-state index in [-0.39, 0.29) is 35.9 Å². The molecule has 21 heavy (non-hydrogen) atoms. The Morgan fingerprint density at radius 1 is 1.57 bits per heavy atom. The van der Waals surface area contributed by atoms with E-state index < -0.39 is 5.82 Å². The maximum absolute atomic E-state index is 13.0. The van der Waals surface area contributed by atoms with Crippen LogP contribution in [0.25, 0.3) is 0 Å². The summed E-state index contributed by atoms with van der Waals surface area (Å²) in [6, 6.07) is 4.36. The largest absolute Gasteiger partial charge is 0.329 e. The molecule has 3 N–H and O–H groups in total. The first kappa shape index (κ1) is 18.2. The highest BCUT2D eigenvalue weighted by Crippen LogP contribution is 2.34. The summed E-state index contributed by atoms with van der Waals surface area (Å²) in [6.07, 6.45) is 2.36. The number of nitrogens with zero attached hydrogens (tertiary/aromatic N) is 1. The van der Waals surface area contributed by atoms with Gasteiger partial charge in [-0.15, -0.1) is 12.4 Å². The van der Waals surface area contributed by atoms with Crippen molar-refractivity contribution in [2.75, 3.05) is 25.5 Å². The monoisotopic (exact) mass is 335 g/mol. The number of rotatable bonds is 6. The van der Waals surface area contributed by atoms with E-state index in [1.165, 1.54) is 31.0 Å². The van der Waals surface area contributed by atoms with Crippen LogP contribution in [-0.4, -0.2) is 37.0 Å². The highest BCUT2D eigenvalue weighted by atomic mass is 35.5. The number of nitrogens with two attached hydrogens (primary N) is 1. The highest BCUT2D eigenvalue weighted by Gasteiger charge is 2.33. The van der Waals surface area contributed by atoms with Crippen LogP contribution in [0, 0.1) is 11.7 Å². The number of anilines is 1. The van der Waals surface area contributed by atoms with Crippen LogP contribution in [0.15, 0.2) is 18.2 Å². The van der Waals surface area contributed by atoms with Crippen molar-refractivity contribution < 1.29 is 9.18 Å². The summed E-state index contributed by atoms with van der Waals surface area (Å²) in [4.78, 5) is 13.9. The smallest absolute Gasteiger partial charge is 0.238 e. The maximum Gasteiger partial charge on any atom is 0.238 e. The number of likely N-dealkylation sites (N-methyl/N-ethyl adjacent to an activating group) is 1. The molecule has 0 saturated heterocycles. The quantitative estimate of drug-likeness (QED) is 0.839. The Morgan fingerprint density at radius 3 is 2.76 bits per heavy atom. The summed E-state index contributed by atoms with van der Waals surface area (Å²) in [5.74, 6) is -0.0500. The van der Waals surface area contributed by atoms with E-state index >= 15 is 0 Å². The zero-order valence-corrected chi connectivity index (χ0v) is 13.4. The van der Waals surface area contributed by atoms with Gasteiger partial charge in [0.05, 0.1) is 11.6 Å². The number of benzene rings is 1. The fraction of sp³-hybridized carbons (Fsp3) is 0.500. The fourth-order valence-electron chi connectivity index (χ4n) is 2.33. The van der Waals surface area contributed by atoms with Gasteiger partial charge >= 0.3 is 0 Å². The van der Waals surface area contributed by atoms with Gasteiger partial charge in [0.1, 0.15) is 5.82 Å². The predicted molar refractivity (Wildman–Crippen MR) is 85.5 cm³/mol. The molecule has 0 aliphatic heterocycles. The zero-order valence-electron chi connectivity index (χ0n) is 11.8. The molecular weight excluding hydrogens is 316 g/mol. The number of hydrogen-bond donors (Lipinski definition) is 2. The average molecular weight is 336 g/mol. The molecule has 1 aromatic rings. The molecule has 1 aromatic carbocycles. The molecule has 1 atom stereocenters. The van der Waals surface area contributed by atoms with Gasteiger partial charge in [-0.05, 0) is 44.0 Å². The topological polar surface area (TPSA) is 58.4 Å². The van der Waals surface area contributed by atoms with E-state index in [1.54, 1.807) is 0 Å². The Labute approximate surface area is 135 Å². The van der Waals surface area contributed by atoms with E-state index in [1.807, 2.05) is 11.9 Å². The second kappa shape index (κ2) is 7.94. The number of amides is 1. The van der Waals surface area contributed by atoms with E-state index in [9.17, 15) is 9.18 Å². The van der Waals surface area contributed by atoms with Crippen molar-refractivity contribution in [1.82, 2.24) is 4.90 Å². The summed E-state index contributed by atoms with van der Waals surface area (Å²) < 4.78 is 13.0. The molecule has 1 fully saturated rings. The number of carbonyl (C=O) groups is 1. The van der Waals surface area contributed by atoms with Crippen molar-refractivity contribution in [2.45, 2.75) is 18.9 Å². The average Bonchev–Trinajstić information content (AvgIpc) is 3.19. The number of nitrogens with one attached hydrogen (secondary N) is 1. The SMILES string of the molecule is CN(CC(=O)Nc1ccc(F)c(Cl)c1)C(CN)C1CC1.Cl. The van der Waals surface area contributed by atoms with Crippen molar-refractivity contribution in [3.8, 4) is 0 Å². The van der Waals surface area contributed by atoms with Crippen LogP contribution in [0.1, 0.15) is 12.8 Å². The van der Waals surface area contributed by atoms with Gasteiger partial charge in [0.25, 0.3) is 0 Å². The third kappa shape index (κ3) is 5.11. The van der Waals surface area contributed by atoms with Gasteiger partial charge in [-0.1, -0.05) is 11.6 Å². The predicted octanol–water partition coefficient (Wildman–Crippen LogP) is 2.51. The third-order valence-electron chi connectivity index (χ3n) is 3.57. The summed E-state index contributed by atoms with van der Waals surface area (Å²) in [5.41, 5.74) is 6.24. The Kier molecular flexibility index (Phi) is 6.87. The van der Waals surface area contributed by atoms with Crippen LogP contribution in [0.2, 0.25) is 5.02 Å². The lowest BCUT2D eigenvalue weighted by Crippen LogP contribution is -2.43. The Morgan fingerprint density at radius 2 is 2.24 bits per heavy atom. The molecule has 118 valence electrons. The minimum Gasteiger partial charge on any atom is -0.329 e. The van der Waals surface area contributed by atoms with Crippen LogP contribution in [0.3, 0.4) is 0 Å². The first-order valence-electron chi connectivity index (χ1n) is 6.66.